The molecule has 0 spiro atoms. The van der Waals surface area contributed by atoms with E-state index in [1.807, 2.05) is 0 Å². The molecule has 0 aromatic heterocycles. The lowest BCUT2D eigenvalue weighted by atomic mass is 9.65. The summed E-state index contributed by atoms with van der Waals surface area (Å²) in [6.45, 7) is 13.4. The van der Waals surface area contributed by atoms with Crippen LogP contribution in [-0.4, -0.2) is 10.6 Å². The minimum absolute atomic E-state index is 0.154. The lowest BCUT2D eigenvalue weighted by molar-refractivity contribution is 0.137. The zero-order valence-electron chi connectivity index (χ0n) is 11.1. The van der Waals surface area contributed by atoms with E-state index in [0.717, 1.165) is 18.6 Å². The van der Waals surface area contributed by atoms with E-state index in [0.29, 0.717) is 11.8 Å². The number of hydrogen-bond donors (Lipinski definition) is 1. The van der Waals surface area contributed by atoms with Crippen molar-refractivity contribution < 1.29 is 0 Å². The van der Waals surface area contributed by atoms with E-state index >= 15 is 0 Å². The van der Waals surface area contributed by atoms with Crippen LogP contribution in [0.15, 0.2) is 0 Å². The SMILES string of the molecule is CCC(CC)(CS)C(C)(Cl)C(C)C(C)C. The molecular weight excluding hydrogens is 224 g/mol. The Hall–Kier alpha value is 0.640. The van der Waals surface area contributed by atoms with E-state index < -0.39 is 0 Å². The molecule has 92 valence electrons. The maximum absolute atomic E-state index is 6.86. The zero-order valence-corrected chi connectivity index (χ0v) is 12.8. The molecule has 0 nitrogen and oxygen atoms in total. The summed E-state index contributed by atoms with van der Waals surface area (Å²) in [5.74, 6) is 1.99. The molecule has 0 saturated carbocycles. The quantitative estimate of drug-likeness (QED) is 0.497. The van der Waals surface area contributed by atoms with Gasteiger partial charge in [-0.1, -0.05) is 34.6 Å². The van der Waals surface area contributed by atoms with Crippen LogP contribution in [-0.2, 0) is 0 Å². The van der Waals surface area contributed by atoms with Crippen molar-refractivity contribution in [3.63, 3.8) is 0 Å². The summed E-state index contributed by atoms with van der Waals surface area (Å²) >= 11 is 11.4. The van der Waals surface area contributed by atoms with Crippen LogP contribution >= 0.6 is 24.2 Å². The van der Waals surface area contributed by atoms with E-state index in [4.69, 9.17) is 11.6 Å². The third-order valence-electron chi connectivity index (χ3n) is 4.55. The fraction of sp³-hybridized carbons (Fsp3) is 1.00. The van der Waals surface area contributed by atoms with E-state index in [9.17, 15) is 0 Å². The van der Waals surface area contributed by atoms with Gasteiger partial charge >= 0.3 is 0 Å². The molecule has 0 amide bonds. The molecule has 0 aliphatic heterocycles. The number of hydrogen-bond acceptors (Lipinski definition) is 1. The Labute approximate surface area is 107 Å². The molecule has 2 heteroatoms. The molecule has 0 saturated heterocycles. The molecule has 15 heavy (non-hydrogen) atoms. The van der Waals surface area contributed by atoms with Gasteiger partial charge in [-0.25, -0.2) is 0 Å². The normalized spacial score (nSPS) is 19.0. The molecule has 0 fully saturated rings. The minimum Gasteiger partial charge on any atom is -0.179 e. The molecule has 0 rings (SSSR count). The van der Waals surface area contributed by atoms with E-state index in [-0.39, 0.29) is 10.3 Å². The van der Waals surface area contributed by atoms with Gasteiger partial charge in [-0.15, -0.1) is 11.6 Å². The van der Waals surface area contributed by atoms with E-state index in [1.54, 1.807) is 0 Å². The predicted molar refractivity (Wildman–Crippen MR) is 75.1 cm³/mol. The lowest BCUT2D eigenvalue weighted by Gasteiger charge is -2.48. The van der Waals surface area contributed by atoms with Gasteiger partial charge < -0.3 is 0 Å². The summed E-state index contributed by atoms with van der Waals surface area (Å²) in [5.41, 5.74) is 0.154. The number of thiol groups is 1. The maximum Gasteiger partial charge on any atom is 0.0510 e. The van der Waals surface area contributed by atoms with Gasteiger partial charge in [-0.05, 0) is 42.8 Å². The molecule has 0 N–H and O–H groups in total. The van der Waals surface area contributed by atoms with Crippen molar-refractivity contribution in [3.05, 3.63) is 0 Å². The second-order valence-corrected chi connectivity index (χ2v) is 6.36. The third kappa shape index (κ3) is 2.85. The molecule has 0 aliphatic carbocycles. The van der Waals surface area contributed by atoms with Crippen molar-refractivity contribution in [3.8, 4) is 0 Å². The highest BCUT2D eigenvalue weighted by Gasteiger charge is 2.47. The Bertz CT molecular complexity index is 175. The minimum atomic E-state index is -0.160. The van der Waals surface area contributed by atoms with Gasteiger partial charge in [0.2, 0.25) is 0 Å². The van der Waals surface area contributed by atoms with Crippen molar-refractivity contribution in [1.29, 1.82) is 0 Å². The number of rotatable bonds is 6. The molecule has 0 aromatic carbocycles. The highest BCUT2D eigenvalue weighted by Crippen LogP contribution is 2.50. The molecular formula is C13H27ClS. The Kier molecular flexibility index (Phi) is 6.06. The van der Waals surface area contributed by atoms with Gasteiger partial charge in [0.05, 0.1) is 4.87 Å². The second kappa shape index (κ2) is 5.82. The smallest absolute Gasteiger partial charge is 0.0510 e. The van der Waals surface area contributed by atoms with Crippen LogP contribution in [0.4, 0.5) is 0 Å². The van der Waals surface area contributed by atoms with Crippen LogP contribution in [0.5, 0.6) is 0 Å². The summed E-state index contributed by atoms with van der Waals surface area (Å²) in [5, 5.41) is 0. The Balaban J connectivity index is 5.10. The Morgan fingerprint density at radius 3 is 1.73 bits per heavy atom. The fourth-order valence-corrected chi connectivity index (χ4v) is 3.88. The molecule has 0 bridgehead atoms. The van der Waals surface area contributed by atoms with E-state index in [2.05, 4.69) is 54.2 Å². The van der Waals surface area contributed by atoms with Gasteiger partial charge in [-0.3, -0.25) is 0 Å². The summed E-state index contributed by atoms with van der Waals surface area (Å²) in [6.07, 6.45) is 2.20. The zero-order chi connectivity index (χ0) is 12.3. The van der Waals surface area contributed by atoms with Gasteiger partial charge in [-0.2, -0.15) is 12.6 Å². The summed E-state index contributed by atoms with van der Waals surface area (Å²) < 4.78 is 0. The second-order valence-electron chi connectivity index (χ2n) is 5.25. The van der Waals surface area contributed by atoms with Crippen LogP contribution in [0, 0.1) is 17.3 Å². The standard InChI is InChI=1S/C13H27ClS/c1-7-13(8-2,9-15)12(6,14)11(5)10(3)4/h10-11,15H,7-9H2,1-6H3. The molecule has 0 aliphatic rings. The summed E-state index contributed by atoms with van der Waals surface area (Å²) in [7, 11) is 0. The average molecular weight is 251 g/mol. The van der Waals surface area contributed by atoms with Crippen LogP contribution in [0.1, 0.15) is 54.4 Å². The largest absolute Gasteiger partial charge is 0.179 e. The van der Waals surface area contributed by atoms with Crippen molar-refractivity contribution in [2.45, 2.75) is 59.3 Å². The molecule has 0 radical (unpaired) electrons. The van der Waals surface area contributed by atoms with Crippen molar-refractivity contribution in [1.82, 2.24) is 0 Å². The monoisotopic (exact) mass is 250 g/mol. The van der Waals surface area contributed by atoms with Gasteiger partial charge in [0, 0.05) is 0 Å². The first-order chi connectivity index (χ1) is 6.79. The van der Waals surface area contributed by atoms with Gasteiger partial charge in [0.25, 0.3) is 0 Å². The van der Waals surface area contributed by atoms with Crippen molar-refractivity contribution in [2.24, 2.45) is 17.3 Å². The maximum atomic E-state index is 6.86. The fourth-order valence-electron chi connectivity index (χ4n) is 2.43. The topological polar surface area (TPSA) is 0 Å². The lowest BCUT2D eigenvalue weighted by Crippen LogP contribution is -2.48. The predicted octanol–water partition coefficient (Wildman–Crippen LogP) is 5.01. The highest BCUT2D eigenvalue weighted by molar-refractivity contribution is 7.80. The van der Waals surface area contributed by atoms with Crippen molar-refractivity contribution >= 4 is 24.2 Å². The van der Waals surface area contributed by atoms with Crippen LogP contribution < -0.4 is 0 Å². The Morgan fingerprint density at radius 2 is 1.53 bits per heavy atom. The number of alkyl halides is 1. The highest BCUT2D eigenvalue weighted by atomic mass is 35.5. The van der Waals surface area contributed by atoms with Crippen LogP contribution in [0.2, 0.25) is 0 Å². The van der Waals surface area contributed by atoms with Crippen molar-refractivity contribution in [2.75, 3.05) is 5.75 Å². The Morgan fingerprint density at radius 1 is 1.13 bits per heavy atom. The van der Waals surface area contributed by atoms with Gasteiger partial charge in [0.1, 0.15) is 0 Å². The number of halogens is 1. The molecule has 0 heterocycles. The molecule has 2 unspecified atom stereocenters. The van der Waals surface area contributed by atoms with Crippen LogP contribution in [0.3, 0.4) is 0 Å². The van der Waals surface area contributed by atoms with Crippen LogP contribution in [0.25, 0.3) is 0 Å². The van der Waals surface area contributed by atoms with E-state index in [1.165, 1.54) is 0 Å². The first-order valence-corrected chi connectivity index (χ1v) is 7.09. The summed E-state index contributed by atoms with van der Waals surface area (Å²) in [4.78, 5) is -0.160. The van der Waals surface area contributed by atoms with Gasteiger partial charge in [0.15, 0.2) is 0 Å². The molecule has 2 atom stereocenters. The first-order valence-electron chi connectivity index (χ1n) is 6.08. The molecule has 0 aromatic rings. The average Bonchev–Trinajstić information content (AvgIpc) is 2.19. The summed E-state index contributed by atoms with van der Waals surface area (Å²) in [6, 6.07) is 0. The first kappa shape index (κ1) is 15.6. The third-order valence-corrected chi connectivity index (χ3v) is 5.90.